The second kappa shape index (κ2) is 5.85. The van der Waals surface area contributed by atoms with Gasteiger partial charge in [-0.3, -0.25) is 0 Å². The molecule has 2 nitrogen and oxygen atoms in total. The van der Waals surface area contributed by atoms with E-state index >= 15 is 0 Å². The van der Waals surface area contributed by atoms with Crippen LogP contribution in [0.5, 0.6) is 0 Å². The minimum Gasteiger partial charge on any atom is -0.544 e. The molecule has 0 radical (unpaired) electrons. The summed E-state index contributed by atoms with van der Waals surface area (Å²) in [4.78, 5) is 9.49. The van der Waals surface area contributed by atoms with Crippen molar-refractivity contribution in [3.8, 4) is 0 Å². The molecule has 0 aliphatic carbocycles. The third-order valence-corrected chi connectivity index (χ3v) is 1.80. The molecule has 0 bridgehead atoms. The Balaban J connectivity index is 0. The van der Waals surface area contributed by atoms with Crippen molar-refractivity contribution in [2.45, 2.75) is 29.9 Å². The summed E-state index contributed by atoms with van der Waals surface area (Å²) >= 11 is 0. The summed E-state index contributed by atoms with van der Waals surface area (Å²) in [6.45, 7) is 0. The summed E-state index contributed by atoms with van der Waals surface area (Å²) in [6.07, 6.45) is -7.32. The van der Waals surface area contributed by atoms with Crippen LogP contribution in [0.25, 0.3) is 0 Å². The molecule has 0 aromatic carbocycles. The molecule has 0 heterocycles. The number of halogens is 11. The second-order valence-electron chi connectivity index (χ2n) is 3.08. The minimum atomic E-state index is -7.72. The number of aliphatic carboxylic acids is 1. The number of carbonyl (C=O) groups is 1. The van der Waals surface area contributed by atoms with Crippen LogP contribution in [-0.2, 0) is 4.79 Å². The fourth-order valence-electron chi connectivity index (χ4n) is 0.701. The smallest absolute Gasteiger partial charge is 0.544 e. The topological polar surface area (TPSA) is 40.1 Å². The van der Waals surface area contributed by atoms with Crippen molar-refractivity contribution in [3.63, 3.8) is 0 Å². The molecule has 0 rings (SSSR count). The first-order chi connectivity index (χ1) is 7.94. The van der Waals surface area contributed by atoms with E-state index in [1.807, 2.05) is 0 Å². The van der Waals surface area contributed by atoms with Crippen molar-refractivity contribution in [2.75, 3.05) is 0 Å². The van der Waals surface area contributed by atoms with Gasteiger partial charge in [0.2, 0.25) is 0 Å². The van der Waals surface area contributed by atoms with Gasteiger partial charge in [0, 0.05) is 0 Å². The quantitative estimate of drug-likeness (QED) is 0.473. The van der Waals surface area contributed by atoms with Crippen molar-refractivity contribution >= 4 is 5.97 Å². The van der Waals surface area contributed by atoms with E-state index in [-0.39, 0.29) is 51.4 Å². The largest absolute Gasteiger partial charge is 1.00 e. The predicted molar refractivity (Wildman–Crippen MR) is 30.9 cm³/mol. The first-order valence-electron chi connectivity index (χ1n) is 3.74. The molecule has 114 valence electrons. The van der Waals surface area contributed by atoms with Gasteiger partial charge in [-0.1, -0.05) is 0 Å². The Bertz CT molecular complexity index is 374. The SMILES string of the molecule is O=C([O-])C(F)(F)C(F)(F)C(F)(F)C(F)(F)C(F)(F)F.[K+]. The number of alkyl halides is 11. The van der Waals surface area contributed by atoms with Gasteiger partial charge in [-0.2, -0.15) is 48.3 Å². The molecule has 20 heavy (non-hydrogen) atoms. The average Bonchev–Trinajstić information content (AvgIpc) is 2.14. The van der Waals surface area contributed by atoms with Crippen LogP contribution < -0.4 is 56.5 Å². The van der Waals surface area contributed by atoms with Crippen LogP contribution in [-0.4, -0.2) is 35.8 Å². The maximum absolute atomic E-state index is 12.4. The molecule has 0 aromatic rings. The van der Waals surface area contributed by atoms with E-state index in [0.717, 1.165) is 0 Å². The van der Waals surface area contributed by atoms with Crippen molar-refractivity contribution in [2.24, 2.45) is 0 Å². The zero-order valence-corrected chi connectivity index (χ0v) is 12.1. The Kier molecular flexibility index (Phi) is 6.62. The number of rotatable bonds is 4. The van der Waals surface area contributed by atoms with Gasteiger partial charge in [-0.25, -0.2) is 0 Å². The molecular formula is C6F11KO2. The Morgan fingerprint density at radius 3 is 1.15 bits per heavy atom. The van der Waals surface area contributed by atoms with E-state index in [9.17, 15) is 58.2 Å². The molecule has 0 aliphatic heterocycles. The molecule has 14 heteroatoms. The molecular weight excluding hydrogens is 352 g/mol. The van der Waals surface area contributed by atoms with Crippen molar-refractivity contribution in [1.82, 2.24) is 0 Å². The van der Waals surface area contributed by atoms with Gasteiger partial charge >= 0.3 is 81.3 Å². The fraction of sp³-hybridized carbons (Fsp3) is 0.833. The zero-order valence-electron chi connectivity index (χ0n) is 8.97. The van der Waals surface area contributed by atoms with E-state index in [1.165, 1.54) is 0 Å². The number of hydrogen-bond donors (Lipinski definition) is 0. The van der Waals surface area contributed by atoms with Gasteiger partial charge in [-0.15, -0.1) is 0 Å². The summed E-state index contributed by atoms with van der Waals surface area (Å²) in [7, 11) is 0. The molecule has 0 aliphatic rings. The summed E-state index contributed by atoms with van der Waals surface area (Å²) in [6, 6.07) is 0. The number of carboxylic acid groups (broad SMARTS) is 1. The average molecular weight is 352 g/mol. The minimum absolute atomic E-state index is 0. The monoisotopic (exact) mass is 352 g/mol. The number of hydrogen-bond acceptors (Lipinski definition) is 2. The van der Waals surface area contributed by atoms with Crippen molar-refractivity contribution < 1.29 is 110 Å². The predicted octanol–water partition coefficient (Wildman–Crippen LogP) is -1.16. The van der Waals surface area contributed by atoms with Crippen LogP contribution in [0, 0.1) is 0 Å². The summed E-state index contributed by atoms with van der Waals surface area (Å²) in [5.74, 6) is -34.1. The van der Waals surface area contributed by atoms with Gasteiger partial charge < -0.3 is 9.90 Å². The third-order valence-electron chi connectivity index (χ3n) is 1.80. The molecule has 0 amide bonds. The van der Waals surface area contributed by atoms with Gasteiger partial charge in [-0.05, 0) is 0 Å². The van der Waals surface area contributed by atoms with Crippen LogP contribution in [0.1, 0.15) is 0 Å². The van der Waals surface area contributed by atoms with E-state index in [4.69, 9.17) is 0 Å². The first kappa shape index (κ1) is 22.6. The summed E-state index contributed by atoms with van der Waals surface area (Å²) in [5, 5.41) is 9.49. The van der Waals surface area contributed by atoms with E-state index in [0.29, 0.717) is 0 Å². The third kappa shape index (κ3) is 3.07. The van der Waals surface area contributed by atoms with Crippen LogP contribution in [0.4, 0.5) is 48.3 Å². The molecule has 0 saturated heterocycles. The van der Waals surface area contributed by atoms with Crippen molar-refractivity contribution in [1.29, 1.82) is 0 Å². The second-order valence-corrected chi connectivity index (χ2v) is 3.08. The molecule has 0 N–H and O–H groups in total. The van der Waals surface area contributed by atoms with E-state index in [1.54, 1.807) is 0 Å². The Labute approximate surface area is 144 Å². The summed E-state index contributed by atoms with van der Waals surface area (Å²) in [5.41, 5.74) is 0. The number of carbonyl (C=O) groups excluding carboxylic acids is 1. The first-order valence-corrected chi connectivity index (χ1v) is 3.74. The molecule has 0 aromatic heterocycles. The molecule has 0 atom stereocenters. The Morgan fingerprint density at radius 2 is 0.950 bits per heavy atom. The molecule has 0 spiro atoms. The maximum Gasteiger partial charge on any atom is 1.00 e. The standard InChI is InChI=1S/C6HF11O2.K/c7-2(8,1(18)19)3(9,10)4(11,12)5(13,14)6(15,16)17;/h(H,18,19);/q;+1/p-1. The zero-order chi connectivity index (χ0) is 16.1. The van der Waals surface area contributed by atoms with Gasteiger partial charge in [0.25, 0.3) is 0 Å². The Hall–Kier alpha value is 0.336. The van der Waals surface area contributed by atoms with E-state index < -0.39 is 35.8 Å². The van der Waals surface area contributed by atoms with E-state index in [2.05, 4.69) is 0 Å². The molecule has 0 saturated carbocycles. The van der Waals surface area contributed by atoms with Crippen LogP contribution >= 0.6 is 0 Å². The van der Waals surface area contributed by atoms with Gasteiger partial charge in [0.15, 0.2) is 0 Å². The summed E-state index contributed by atoms with van der Waals surface area (Å²) < 4.78 is 132. The van der Waals surface area contributed by atoms with Crippen molar-refractivity contribution in [3.05, 3.63) is 0 Å². The molecule has 0 fully saturated rings. The van der Waals surface area contributed by atoms with Gasteiger partial charge in [0.1, 0.15) is 5.97 Å². The van der Waals surface area contributed by atoms with Gasteiger partial charge in [0.05, 0.1) is 0 Å². The Morgan fingerprint density at radius 1 is 0.650 bits per heavy atom. The number of carboxylic acids is 1. The maximum atomic E-state index is 12.4. The normalized spacial score (nSPS) is 14.8. The van der Waals surface area contributed by atoms with Crippen LogP contribution in [0.2, 0.25) is 0 Å². The fourth-order valence-corrected chi connectivity index (χ4v) is 0.701. The van der Waals surface area contributed by atoms with Crippen LogP contribution in [0.15, 0.2) is 0 Å². The molecule has 0 unspecified atom stereocenters. The van der Waals surface area contributed by atoms with Crippen LogP contribution in [0.3, 0.4) is 0 Å².